The molecule has 0 fully saturated rings. The first kappa shape index (κ1) is 16.0. The van der Waals surface area contributed by atoms with E-state index in [1.165, 1.54) is 0 Å². The molecule has 0 atom stereocenters. The van der Waals surface area contributed by atoms with Crippen molar-refractivity contribution in [1.29, 1.82) is 0 Å². The molecule has 124 valence electrons. The number of nitrogens with two attached hydrogens (primary N) is 1. The molecule has 6 heteroatoms. The van der Waals surface area contributed by atoms with Crippen LogP contribution in [-0.2, 0) is 6.42 Å². The van der Waals surface area contributed by atoms with Gasteiger partial charge in [0.15, 0.2) is 5.76 Å². The molecule has 2 aromatic rings. The van der Waals surface area contributed by atoms with Crippen LogP contribution in [0.1, 0.15) is 56.2 Å². The third-order valence-electron chi connectivity index (χ3n) is 4.12. The third-order valence-corrected chi connectivity index (χ3v) is 4.12. The molecule has 3 N–H and O–H groups in total. The van der Waals surface area contributed by atoms with E-state index in [0.717, 1.165) is 24.0 Å². The van der Waals surface area contributed by atoms with Crippen molar-refractivity contribution >= 4 is 17.5 Å². The van der Waals surface area contributed by atoms with Crippen molar-refractivity contribution in [3.05, 3.63) is 58.0 Å². The lowest BCUT2D eigenvalue weighted by Crippen LogP contribution is -2.22. The van der Waals surface area contributed by atoms with Crippen molar-refractivity contribution in [3.8, 4) is 0 Å². The number of primary amides is 1. The van der Waals surface area contributed by atoms with Crippen LogP contribution in [0.3, 0.4) is 0 Å². The first-order valence-corrected chi connectivity index (χ1v) is 7.83. The molecule has 0 radical (unpaired) electrons. The number of nitrogens with one attached hydrogen (secondary N) is 1. The fourth-order valence-electron chi connectivity index (χ4n) is 2.98. The summed E-state index contributed by atoms with van der Waals surface area (Å²) in [7, 11) is 0. The highest BCUT2D eigenvalue weighted by Crippen LogP contribution is 2.29. The predicted molar refractivity (Wildman–Crippen MR) is 90.1 cm³/mol. The van der Waals surface area contributed by atoms with Gasteiger partial charge in [-0.2, -0.15) is 5.10 Å². The number of carbonyl (C=O) groups excluding carboxylic acids is 2. The molecule has 24 heavy (non-hydrogen) atoms. The van der Waals surface area contributed by atoms with Crippen LogP contribution in [0.2, 0.25) is 0 Å². The van der Waals surface area contributed by atoms with Crippen molar-refractivity contribution < 1.29 is 14.0 Å². The average molecular weight is 325 g/mol. The third kappa shape index (κ3) is 2.95. The Bertz CT molecular complexity index is 849. The number of furan rings is 1. The molecule has 0 unspecified atom stereocenters. The number of hydrogen-bond acceptors (Lipinski definition) is 4. The van der Waals surface area contributed by atoms with Gasteiger partial charge in [0.05, 0.1) is 5.71 Å². The fraction of sp³-hybridized carbons (Fsp3) is 0.278. The molecule has 1 aromatic heterocycles. The number of hydrazone groups is 1. The Morgan fingerprint density at radius 3 is 2.75 bits per heavy atom. The Morgan fingerprint density at radius 2 is 2.04 bits per heavy atom. The Kier molecular flexibility index (Phi) is 4.20. The van der Waals surface area contributed by atoms with E-state index in [4.69, 9.17) is 10.2 Å². The van der Waals surface area contributed by atoms with Gasteiger partial charge in [0.25, 0.3) is 11.8 Å². The van der Waals surface area contributed by atoms with Crippen molar-refractivity contribution in [2.24, 2.45) is 10.8 Å². The SMILES string of the molecule is Cc1cccc(C(=O)N/N=C2\CCCc3oc(C(N)=O)c(C)c32)c1. The Morgan fingerprint density at radius 1 is 1.25 bits per heavy atom. The number of carbonyl (C=O) groups is 2. The van der Waals surface area contributed by atoms with Gasteiger partial charge in [-0.1, -0.05) is 17.7 Å². The number of rotatable bonds is 3. The molecule has 0 spiro atoms. The minimum atomic E-state index is -0.593. The predicted octanol–water partition coefficient (Wildman–Crippen LogP) is 2.47. The summed E-state index contributed by atoms with van der Waals surface area (Å²) in [6, 6.07) is 7.30. The summed E-state index contributed by atoms with van der Waals surface area (Å²) in [6.07, 6.45) is 2.28. The van der Waals surface area contributed by atoms with E-state index in [2.05, 4.69) is 10.5 Å². The molecule has 1 aliphatic carbocycles. The maximum absolute atomic E-state index is 12.2. The van der Waals surface area contributed by atoms with Crippen molar-refractivity contribution in [1.82, 2.24) is 5.43 Å². The molecule has 6 nitrogen and oxygen atoms in total. The standard InChI is InChI=1S/C18H19N3O3/c1-10-5-3-6-12(9-10)18(23)21-20-13-7-4-8-14-15(13)11(2)16(24-14)17(19)22/h3,5-6,9H,4,7-8H2,1-2H3,(H2,19,22)(H,21,23)/b20-13+. The number of hydrogen-bond donors (Lipinski definition) is 2. The lowest BCUT2D eigenvalue weighted by molar-refractivity contribution is 0.0951. The molecule has 1 aliphatic rings. The van der Waals surface area contributed by atoms with Crippen molar-refractivity contribution in [3.63, 3.8) is 0 Å². The van der Waals surface area contributed by atoms with Crippen LogP contribution in [0.4, 0.5) is 0 Å². The molecule has 0 saturated heterocycles. The highest BCUT2D eigenvalue weighted by Gasteiger charge is 2.27. The molecular weight excluding hydrogens is 306 g/mol. The lowest BCUT2D eigenvalue weighted by Gasteiger charge is -2.13. The number of aryl methyl sites for hydroxylation is 2. The number of fused-ring (bicyclic) bond motifs is 1. The summed E-state index contributed by atoms with van der Waals surface area (Å²) >= 11 is 0. The van der Waals surface area contributed by atoms with E-state index < -0.39 is 5.91 Å². The Balaban J connectivity index is 1.88. The smallest absolute Gasteiger partial charge is 0.284 e. The highest BCUT2D eigenvalue weighted by molar-refractivity contribution is 6.07. The van der Waals surface area contributed by atoms with Crippen LogP contribution in [0.15, 0.2) is 33.8 Å². The number of amides is 2. The van der Waals surface area contributed by atoms with Gasteiger partial charge in [-0.15, -0.1) is 0 Å². The summed E-state index contributed by atoms with van der Waals surface area (Å²) in [6.45, 7) is 3.71. The minimum absolute atomic E-state index is 0.166. The van der Waals surface area contributed by atoms with Gasteiger partial charge in [0.2, 0.25) is 0 Å². The normalized spacial score (nSPS) is 15.2. The zero-order valence-corrected chi connectivity index (χ0v) is 13.7. The maximum atomic E-state index is 12.2. The zero-order chi connectivity index (χ0) is 17.3. The van der Waals surface area contributed by atoms with Crippen LogP contribution in [0.25, 0.3) is 0 Å². The van der Waals surface area contributed by atoms with E-state index in [-0.39, 0.29) is 11.7 Å². The largest absolute Gasteiger partial charge is 0.455 e. The Hall–Kier alpha value is -2.89. The average Bonchev–Trinajstić information content (AvgIpc) is 2.90. The maximum Gasteiger partial charge on any atom is 0.284 e. The summed E-state index contributed by atoms with van der Waals surface area (Å²) in [5.41, 5.74) is 11.7. The van der Waals surface area contributed by atoms with Crippen molar-refractivity contribution in [2.45, 2.75) is 33.1 Å². The monoisotopic (exact) mass is 325 g/mol. The molecule has 2 amide bonds. The van der Waals surface area contributed by atoms with E-state index in [1.807, 2.05) is 19.1 Å². The summed E-state index contributed by atoms with van der Waals surface area (Å²) in [5.74, 6) is 0.00959. The number of nitrogens with zero attached hydrogens (tertiary/aromatic N) is 1. The van der Waals surface area contributed by atoms with Gasteiger partial charge in [-0.25, -0.2) is 5.43 Å². The molecule has 0 aliphatic heterocycles. The van der Waals surface area contributed by atoms with E-state index in [1.54, 1.807) is 19.1 Å². The molecular formula is C18H19N3O3. The molecule has 3 rings (SSSR count). The molecule has 1 aromatic carbocycles. The number of benzene rings is 1. The first-order valence-electron chi connectivity index (χ1n) is 7.83. The van der Waals surface area contributed by atoms with Gasteiger partial charge in [0, 0.05) is 23.1 Å². The van der Waals surface area contributed by atoms with Crippen LogP contribution < -0.4 is 11.2 Å². The summed E-state index contributed by atoms with van der Waals surface area (Å²) in [5, 5.41) is 4.27. The molecule has 0 bridgehead atoms. The minimum Gasteiger partial charge on any atom is -0.455 e. The van der Waals surface area contributed by atoms with Crippen molar-refractivity contribution in [2.75, 3.05) is 0 Å². The van der Waals surface area contributed by atoms with E-state index >= 15 is 0 Å². The van der Waals surface area contributed by atoms with Gasteiger partial charge in [0.1, 0.15) is 5.76 Å². The van der Waals surface area contributed by atoms with Crippen LogP contribution in [-0.4, -0.2) is 17.5 Å². The quantitative estimate of drug-likeness (QED) is 0.848. The van der Waals surface area contributed by atoms with E-state index in [0.29, 0.717) is 29.0 Å². The zero-order valence-electron chi connectivity index (χ0n) is 13.7. The second-order valence-electron chi connectivity index (χ2n) is 5.94. The van der Waals surface area contributed by atoms with Crippen LogP contribution in [0, 0.1) is 13.8 Å². The molecule has 0 saturated carbocycles. The van der Waals surface area contributed by atoms with E-state index in [9.17, 15) is 9.59 Å². The van der Waals surface area contributed by atoms with Gasteiger partial charge < -0.3 is 10.2 Å². The second-order valence-corrected chi connectivity index (χ2v) is 5.94. The van der Waals surface area contributed by atoms with Crippen LogP contribution in [0.5, 0.6) is 0 Å². The van der Waals surface area contributed by atoms with Gasteiger partial charge >= 0.3 is 0 Å². The Labute approximate surface area is 139 Å². The highest BCUT2D eigenvalue weighted by atomic mass is 16.4. The molecule has 1 heterocycles. The summed E-state index contributed by atoms with van der Waals surface area (Å²) < 4.78 is 5.57. The van der Waals surface area contributed by atoms with Gasteiger partial charge in [-0.05, 0) is 38.8 Å². The fourth-order valence-corrected chi connectivity index (χ4v) is 2.98. The van der Waals surface area contributed by atoms with Gasteiger partial charge in [-0.3, -0.25) is 9.59 Å². The lowest BCUT2D eigenvalue weighted by atomic mass is 9.93. The van der Waals surface area contributed by atoms with Crippen LogP contribution >= 0.6 is 0 Å². The first-order chi connectivity index (χ1) is 11.5. The topological polar surface area (TPSA) is 97.7 Å². The second kappa shape index (κ2) is 6.31. The summed E-state index contributed by atoms with van der Waals surface area (Å²) in [4.78, 5) is 23.7.